The Labute approximate surface area is 125 Å². The number of hydrogen-bond acceptors (Lipinski definition) is 4. The average molecular weight is 342 g/mol. The van der Waals surface area contributed by atoms with Crippen molar-refractivity contribution >= 4 is 27.5 Å². The number of carbonyl (C=O) groups excluding carboxylic acids is 1. The van der Waals surface area contributed by atoms with Gasteiger partial charge in [-0.15, -0.1) is 0 Å². The molecule has 2 rings (SSSR count). The maximum absolute atomic E-state index is 11.5. The minimum Gasteiger partial charge on any atom is -0.368 e. The van der Waals surface area contributed by atoms with Crippen molar-refractivity contribution in [1.29, 1.82) is 0 Å². The second kappa shape index (κ2) is 6.32. The molecule has 1 aromatic rings. The van der Waals surface area contributed by atoms with Gasteiger partial charge >= 0.3 is 0 Å². The molecule has 1 saturated heterocycles. The minimum atomic E-state index is -0.421. The number of piperidine rings is 1. The molecule has 6 nitrogen and oxygen atoms in total. The van der Waals surface area contributed by atoms with Crippen molar-refractivity contribution in [1.82, 2.24) is 4.90 Å². The maximum Gasteiger partial charge on any atom is 0.283 e. The molecule has 0 aliphatic carbocycles. The second-order valence-corrected chi connectivity index (χ2v) is 5.68. The molecule has 1 atom stereocenters. The van der Waals surface area contributed by atoms with E-state index in [9.17, 15) is 14.9 Å². The Balaban J connectivity index is 2.22. The van der Waals surface area contributed by atoms with E-state index in [2.05, 4.69) is 15.9 Å². The molecule has 1 aromatic carbocycles. The van der Waals surface area contributed by atoms with E-state index < -0.39 is 4.92 Å². The van der Waals surface area contributed by atoms with E-state index in [4.69, 9.17) is 5.73 Å². The third kappa shape index (κ3) is 3.16. The number of benzene rings is 1. The van der Waals surface area contributed by atoms with E-state index in [-0.39, 0.29) is 17.6 Å². The first-order chi connectivity index (χ1) is 9.50. The molecular formula is C13H16BrN3O3. The number of primary amides is 1. The quantitative estimate of drug-likeness (QED) is 0.671. The summed E-state index contributed by atoms with van der Waals surface area (Å²) in [5.74, 6) is -0.328. The summed E-state index contributed by atoms with van der Waals surface area (Å²) < 4.78 is 0.471. The molecule has 108 valence electrons. The summed E-state index contributed by atoms with van der Waals surface area (Å²) in [5, 5.41) is 10.9. The van der Waals surface area contributed by atoms with Crippen LogP contribution in [0.1, 0.15) is 24.8 Å². The lowest BCUT2D eigenvalue weighted by atomic mass is 10.0. The van der Waals surface area contributed by atoms with E-state index in [1.807, 2.05) is 11.0 Å². The molecule has 0 saturated carbocycles. The van der Waals surface area contributed by atoms with Crippen LogP contribution in [0.5, 0.6) is 0 Å². The van der Waals surface area contributed by atoms with Crippen LogP contribution in [0.25, 0.3) is 0 Å². The van der Waals surface area contributed by atoms with Crippen LogP contribution in [0, 0.1) is 10.1 Å². The van der Waals surface area contributed by atoms with E-state index in [0.717, 1.165) is 31.4 Å². The molecule has 1 unspecified atom stereocenters. The fourth-order valence-corrected chi connectivity index (χ4v) is 3.09. The number of rotatable bonds is 4. The molecule has 1 fully saturated rings. The van der Waals surface area contributed by atoms with E-state index >= 15 is 0 Å². The largest absolute Gasteiger partial charge is 0.368 e. The number of amides is 1. The van der Waals surface area contributed by atoms with Gasteiger partial charge in [0, 0.05) is 12.6 Å². The van der Waals surface area contributed by atoms with Crippen molar-refractivity contribution in [2.75, 3.05) is 6.54 Å². The van der Waals surface area contributed by atoms with Crippen LogP contribution in [0.3, 0.4) is 0 Å². The van der Waals surface area contributed by atoms with Gasteiger partial charge < -0.3 is 5.73 Å². The number of nitro groups is 1. The van der Waals surface area contributed by atoms with Crippen LogP contribution in [0.2, 0.25) is 0 Å². The van der Waals surface area contributed by atoms with Gasteiger partial charge in [-0.05, 0) is 40.9 Å². The second-order valence-electron chi connectivity index (χ2n) is 4.89. The van der Waals surface area contributed by atoms with Gasteiger partial charge in [-0.25, -0.2) is 0 Å². The van der Waals surface area contributed by atoms with Gasteiger partial charge in [0.25, 0.3) is 5.69 Å². The highest BCUT2D eigenvalue weighted by molar-refractivity contribution is 9.10. The molecular weight excluding hydrogens is 326 g/mol. The van der Waals surface area contributed by atoms with Crippen LogP contribution in [0.4, 0.5) is 5.69 Å². The predicted molar refractivity (Wildman–Crippen MR) is 78.0 cm³/mol. The summed E-state index contributed by atoms with van der Waals surface area (Å²) in [6.45, 7) is 1.26. The molecule has 0 aromatic heterocycles. The van der Waals surface area contributed by atoms with Crippen LogP contribution >= 0.6 is 15.9 Å². The fraction of sp³-hybridized carbons (Fsp3) is 0.462. The number of carbonyl (C=O) groups is 1. The smallest absolute Gasteiger partial charge is 0.283 e. The molecule has 0 bridgehead atoms. The molecule has 2 N–H and O–H groups in total. The number of nitrogens with two attached hydrogens (primary N) is 1. The molecule has 1 aliphatic rings. The lowest BCUT2D eigenvalue weighted by Gasteiger charge is -2.33. The number of halogens is 1. The molecule has 1 heterocycles. The molecule has 0 radical (unpaired) electrons. The zero-order valence-electron chi connectivity index (χ0n) is 10.9. The summed E-state index contributed by atoms with van der Waals surface area (Å²) in [4.78, 5) is 24.0. The monoisotopic (exact) mass is 341 g/mol. The van der Waals surface area contributed by atoms with E-state index in [1.54, 1.807) is 6.07 Å². The van der Waals surface area contributed by atoms with Crippen LogP contribution < -0.4 is 5.73 Å². The highest BCUT2D eigenvalue weighted by atomic mass is 79.9. The first-order valence-corrected chi connectivity index (χ1v) is 7.25. The first-order valence-electron chi connectivity index (χ1n) is 6.46. The summed E-state index contributed by atoms with van der Waals surface area (Å²) in [5.41, 5.74) is 6.26. The molecule has 1 aliphatic heterocycles. The normalized spacial score (nSPS) is 19.8. The number of nitro benzene ring substituents is 1. The molecule has 1 amide bonds. The summed E-state index contributed by atoms with van der Waals surface area (Å²) >= 11 is 3.28. The summed E-state index contributed by atoms with van der Waals surface area (Å²) in [6.07, 6.45) is 2.75. The standard InChI is InChI=1S/C13H16BrN3O3/c14-12-9(4-3-6-10(12)17(19)20)8-16-7-2-1-5-11(16)13(15)18/h3-4,6,11H,1-2,5,7-8H2,(H2,15,18). The Hall–Kier alpha value is -1.47. The van der Waals surface area contributed by atoms with Crippen molar-refractivity contribution < 1.29 is 9.72 Å². The Bertz CT molecular complexity index is 536. The molecule has 0 spiro atoms. The van der Waals surface area contributed by atoms with Gasteiger partial charge in [0.2, 0.25) is 5.91 Å². The van der Waals surface area contributed by atoms with Gasteiger partial charge in [0.15, 0.2) is 0 Å². The van der Waals surface area contributed by atoms with Crippen LogP contribution in [-0.2, 0) is 11.3 Å². The van der Waals surface area contributed by atoms with E-state index in [1.165, 1.54) is 6.07 Å². The van der Waals surface area contributed by atoms with Gasteiger partial charge in [-0.3, -0.25) is 19.8 Å². The Morgan fingerprint density at radius 3 is 2.90 bits per heavy atom. The SMILES string of the molecule is NC(=O)C1CCCCN1Cc1cccc([N+](=O)[O-])c1Br. The van der Waals surface area contributed by atoms with Crippen molar-refractivity contribution in [2.45, 2.75) is 31.8 Å². The number of likely N-dealkylation sites (tertiary alicyclic amines) is 1. The summed E-state index contributed by atoms with van der Waals surface area (Å²) in [6, 6.07) is 4.65. The lowest BCUT2D eigenvalue weighted by Crippen LogP contribution is -2.47. The Kier molecular flexibility index (Phi) is 4.72. The van der Waals surface area contributed by atoms with Crippen LogP contribution in [0.15, 0.2) is 22.7 Å². The maximum atomic E-state index is 11.5. The number of hydrogen-bond donors (Lipinski definition) is 1. The van der Waals surface area contributed by atoms with Crippen LogP contribution in [-0.4, -0.2) is 28.3 Å². The highest BCUT2D eigenvalue weighted by Gasteiger charge is 2.28. The van der Waals surface area contributed by atoms with Crippen molar-refractivity contribution in [2.24, 2.45) is 5.73 Å². The first kappa shape index (κ1) is 14.9. The van der Waals surface area contributed by atoms with Gasteiger partial charge in [0.1, 0.15) is 0 Å². The summed E-state index contributed by atoms with van der Waals surface area (Å²) in [7, 11) is 0. The predicted octanol–water partition coefficient (Wildman–Crippen LogP) is 2.20. The topological polar surface area (TPSA) is 89.5 Å². The van der Waals surface area contributed by atoms with Gasteiger partial charge in [-0.1, -0.05) is 18.6 Å². The van der Waals surface area contributed by atoms with Crippen molar-refractivity contribution in [3.63, 3.8) is 0 Å². The average Bonchev–Trinajstić information content (AvgIpc) is 2.41. The van der Waals surface area contributed by atoms with E-state index in [0.29, 0.717) is 11.0 Å². The zero-order chi connectivity index (χ0) is 14.7. The third-order valence-electron chi connectivity index (χ3n) is 3.57. The molecule has 7 heteroatoms. The highest BCUT2D eigenvalue weighted by Crippen LogP contribution is 2.30. The van der Waals surface area contributed by atoms with Crippen molar-refractivity contribution in [3.05, 3.63) is 38.3 Å². The van der Waals surface area contributed by atoms with Crippen molar-refractivity contribution in [3.8, 4) is 0 Å². The fourth-order valence-electron chi connectivity index (χ4n) is 2.55. The lowest BCUT2D eigenvalue weighted by molar-refractivity contribution is -0.385. The minimum absolute atomic E-state index is 0.0372. The third-order valence-corrected chi connectivity index (χ3v) is 4.49. The van der Waals surface area contributed by atoms with Gasteiger partial charge in [0.05, 0.1) is 15.4 Å². The Morgan fingerprint density at radius 2 is 2.25 bits per heavy atom. The zero-order valence-corrected chi connectivity index (χ0v) is 12.5. The van der Waals surface area contributed by atoms with Gasteiger partial charge in [-0.2, -0.15) is 0 Å². The Morgan fingerprint density at radius 1 is 1.50 bits per heavy atom. The molecule has 20 heavy (non-hydrogen) atoms. The number of nitrogens with zero attached hydrogens (tertiary/aromatic N) is 2.